The van der Waals surface area contributed by atoms with E-state index in [0.29, 0.717) is 28.9 Å². The van der Waals surface area contributed by atoms with Gasteiger partial charge in [-0.15, -0.1) is 15.0 Å². The number of anilines is 1. The molecular formula is C22H19FN4O3. The molecule has 0 aliphatic heterocycles. The lowest BCUT2D eigenvalue weighted by Crippen LogP contribution is -2.21. The van der Waals surface area contributed by atoms with Crippen LogP contribution in [0.1, 0.15) is 5.56 Å². The third-order valence-electron chi connectivity index (χ3n) is 4.43. The zero-order valence-corrected chi connectivity index (χ0v) is 16.0. The number of para-hydroxylation sites is 1. The average molecular weight is 406 g/mol. The van der Waals surface area contributed by atoms with E-state index in [1.165, 1.54) is 16.9 Å². The molecule has 0 saturated heterocycles. The first-order valence-corrected chi connectivity index (χ1v) is 9.37. The van der Waals surface area contributed by atoms with E-state index in [4.69, 9.17) is 4.74 Å². The van der Waals surface area contributed by atoms with Gasteiger partial charge in [0.15, 0.2) is 6.61 Å². The van der Waals surface area contributed by atoms with Crippen LogP contribution < -0.4 is 10.1 Å². The number of aromatic nitrogens is 3. The average Bonchev–Trinajstić information content (AvgIpc) is 3.19. The van der Waals surface area contributed by atoms with E-state index in [1.807, 2.05) is 24.3 Å². The monoisotopic (exact) mass is 406 g/mol. The highest BCUT2D eigenvalue weighted by atomic mass is 19.1. The van der Waals surface area contributed by atoms with Crippen LogP contribution in [0.4, 0.5) is 10.1 Å². The van der Waals surface area contributed by atoms with Gasteiger partial charge >= 0.3 is 0 Å². The van der Waals surface area contributed by atoms with E-state index >= 15 is 0 Å². The lowest BCUT2D eigenvalue weighted by molar-refractivity contribution is -0.118. The van der Waals surface area contributed by atoms with Crippen molar-refractivity contribution < 1.29 is 19.0 Å². The SMILES string of the molecule is O=C(COc1ccc(CCO)cc1-n1nc2ccccc2n1)Nc1ccccc1F. The van der Waals surface area contributed by atoms with Crippen LogP contribution in [0.15, 0.2) is 66.7 Å². The van der Waals surface area contributed by atoms with Gasteiger partial charge in [0, 0.05) is 6.61 Å². The van der Waals surface area contributed by atoms with Crippen molar-refractivity contribution in [1.29, 1.82) is 0 Å². The van der Waals surface area contributed by atoms with E-state index in [-0.39, 0.29) is 18.9 Å². The van der Waals surface area contributed by atoms with Gasteiger partial charge in [-0.1, -0.05) is 30.3 Å². The van der Waals surface area contributed by atoms with Crippen molar-refractivity contribution in [2.45, 2.75) is 6.42 Å². The minimum absolute atomic E-state index is 0.000793. The number of aliphatic hydroxyl groups excluding tert-OH is 1. The van der Waals surface area contributed by atoms with Crippen LogP contribution >= 0.6 is 0 Å². The highest BCUT2D eigenvalue weighted by Gasteiger charge is 2.14. The van der Waals surface area contributed by atoms with Gasteiger partial charge in [-0.05, 0) is 48.4 Å². The number of rotatable bonds is 7. The first-order chi connectivity index (χ1) is 14.6. The molecule has 30 heavy (non-hydrogen) atoms. The largest absolute Gasteiger partial charge is 0.481 e. The van der Waals surface area contributed by atoms with E-state index in [1.54, 1.807) is 30.3 Å². The molecule has 4 aromatic rings. The van der Waals surface area contributed by atoms with Gasteiger partial charge in [0.05, 0.1) is 5.69 Å². The summed E-state index contributed by atoms with van der Waals surface area (Å²) < 4.78 is 19.4. The van der Waals surface area contributed by atoms with Crippen molar-refractivity contribution in [3.05, 3.63) is 78.1 Å². The second kappa shape index (κ2) is 8.71. The number of fused-ring (bicyclic) bond motifs is 1. The molecule has 0 saturated carbocycles. The second-order valence-corrected chi connectivity index (χ2v) is 6.57. The van der Waals surface area contributed by atoms with Gasteiger partial charge < -0.3 is 15.2 Å². The predicted octanol–water partition coefficient (Wildman–Crippen LogP) is 3.11. The number of nitrogens with zero attached hydrogens (tertiary/aromatic N) is 3. The van der Waals surface area contributed by atoms with Gasteiger partial charge in [0.2, 0.25) is 0 Å². The molecular weight excluding hydrogens is 387 g/mol. The third kappa shape index (κ3) is 4.28. The minimum atomic E-state index is -0.521. The van der Waals surface area contributed by atoms with Crippen LogP contribution in [0, 0.1) is 5.82 Å². The first kappa shape index (κ1) is 19.5. The van der Waals surface area contributed by atoms with Crippen molar-refractivity contribution in [3.8, 4) is 11.4 Å². The molecule has 1 amide bonds. The Balaban J connectivity index is 1.58. The smallest absolute Gasteiger partial charge is 0.262 e. The Morgan fingerprint density at radius 2 is 1.73 bits per heavy atom. The fraction of sp³-hybridized carbons (Fsp3) is 0.136. The van der Waals surface area contributed by atoms with Crippen molar-refractivity contribution in [2.75, 3.05) is 18.5 Å². The second-order valence-electron chi connectivity index (χ2n) is 6.57. The topological polar surface area (TPSA) is 89.3 Å². The van der Waals surface area contributed by atoms with Crippen LogP contribution in [-0.2, 0) is 11.2 Å². The summed E-state index contributed by atoms with van der Waals surface area (Å²) in [4.78, 5) is 13.7. The highest BCUT2D eigenvalue weighted by molar-refractivity contribution is 5.92. The highest BCUT2D eigenvalue weighted by Crippen LogP contribution is 2.25. The van der Waals surface area contributed by atoms with Crippen molar-refractivity contribution in [2.24, 2.45) is 0 Å². The zero-order chi connectivity index (χ0) is 20.9. The number of amides is 1. The van der Waals surface area contributed by atoms with Gasteiger partial charge in [0.25, 0.3) is 5.91 Å². The number of carbonyl (C=O) groups is 1. The fourth-order valence-electron chi connectivity index (χ4n) is 2.99. The van der Waals surface area contributed by atoms with Crippen LogP contribution in [0.5, 0.6) is 5.75 Å². The summed E-state index contributed by atoms with van der Waals surface area (Å²) in [5.41, 5.74) is 2.93. The summed E-state index contributed by atoms with van der Waals surface area (Å²) in [6.45, 7) is -0.319. The molecule has 8 heteroatoms. The molecule has 0 atom stereocenters. The van der Waals surface area contributed by atoms with Gasteiger partial charge in [0.1, 0.15) is 28.3 Å². The van der Waals surface area contributed by atoms with Crippen molar-refractivity contribution in [1.82, 2.24) is 15.0 Å². The molecule has 0 spiro atoms. The normalized spacial score (nSPS) is 10.9. The van der Waals surface area contributed by atoms with E-state index in [2.05, 4.69) is 15.5 Å². The Bertz CT molecular complexity index is 1160. The molecule has 0 bridgehead atoms. The standard InChI is InChI=1S/C22H19FN4O3/c23-16-5-1-2-6-17(16)24-22(29)14-30-21-10-9-15(11-12-28)13-20(21)27-25-18-7-3-4-8-19(18)26-27/h1-10,13,28H,11-12,14H2,(H,24,29). The number of hydrogen-bond acceptors (Lipinski definition) is 5. The van der Waals surface area contributed by atoms with Gasteiger partial charge in [-0.3, -0.25) is 4.79 Å². The van der Waals surface area contributed by atoms with Crippen LogP contribution in [0.3, 0.4) is 0 Å². The molecule has 152 valence electrons. The minimum Gasteiger partial charge on any atom is -0.481 e. The number of benzene rings is 3. The molecule has 1 heterocycles. The molecule has 0 aliphatic carbocycles. The van der Waals surface area contributed by atoms with Gasteiger partial charge in [-0.25, -0.2) is 4.39 Å². The van der Waals surface area contributed by atoms with Gasteiger partial charge in [-0.2, -0.15) is 0 Å². The van der Waals surface area contributed by atoms with Crippen molar-refractivity contribution in [3.63, 3.8) is 0 Å². The Kier molecular flexibility index (Phi) is 5.67. The van der Waals surface area contributed by atoms with Crippen molar-refractivity contribution >= 4 is 22.6 Å². The maximum atomic E-state index is 13.7. The Hall–Kier alpha value is -3.78. The van der Waals surface area contributed by atoms with Crippen LogP contribution in [-0.4, -0.2) is 39.2 Å². The molecule has 0 unspecified atom stereocenters. The summed E-state index contributed by atoms with van der Waals surface area (Å²) in [6, 6.07) is 18.6. The van der Waals surface area contributed by atoms with E-state index in [0.717, 1.165) is 5.56 Å². The Morgan fingerprint density at radius 1 is 1.03 bits per heavy atom. The number of aliphatic hydroxyl groups is 1. The number of hydrogen-bond donors (Lipinski definition) is 2. The fourth-order valence-corrected chi connectivity index (χ4v) is 2.99. The molecule has 1 aromatic heterocycles. The quantitative estimate of drug-likeness (QED) is 0.492. The zero-order valence-electron chi connectivity index (χ0n) is 16.0. The Morgan fingerprint density at radius 3 is 2.43 bits per heavy atom. The summed E-state index contributed by atoms with van der Waals surface area (Å²) in [5.74, 6) is -0.628. The van der Waals surface area contributed by atoms with E-state index in [9.17, 15) is 14.3 Å². The summed E-state index contributed by atoms with van der Waals surface area (Å²) >= 11 is 0. The summed E-state index contributed by atoms with van der Waals surface area (Å²) in [6.07, 6.45) is 0.460. The number of nitrogens with one attached hydrogen (secondary N) is 1. The third-order valence-corrected chi connectivity index (χ3v) is 4.43. The molecule has 7 nitrogen and oxygen atoms in total. The molecule has 0 fully saturated rings. The molecule has 4 rings (SSSR count). The number of halogens is 1. The molecule has 0 aliphatic rings. The number of ether oxygens (including phenoxy) is 1. The number of carbonyl (C=O) groups excluding carboxylic acids is 1. The predicted molar refractivity (Wildman–Crippen MR) is 110 cm³/mol. The summed E-state index contributed by atoms with van der Waals surface area (Å²) in [5, 5.41) is 20.7. The molecule has 0 radical (unpaired) electrons. The van der Waals surface area contributed by atoms with Crippen LogP contribution in [0.2, 0.25) is 0 Å². The summed E-state index contributed by atoms with van der Waals surface area (Å²) in [7, 11) is 0. The van der Waals surface area contributed by atoms with E-state index < -0.39 is 11.7 Å². The lowest BCUT2D eigenvalue weighted by atomic mass is 10.1. The maximum absolute atomic E-state index is 13.7. The van der Waals surface area contributed by atoms with Crippen LogP contribution in [0.25, 0.3) is 16.7 Å². The first-order valence-electron chi connectivity index (χ1n) is 9.37. The maximum Gasteiger partial charge on any atom is 0.262 e. The molecule has 3 aromatic carbocycles. The Labute approximate surface area is 171 Å². The lowest BCUT2D eigenvalue weighted by Gasteiger charge is -2.12. The molecule has 2 N–H and O–H groups in total.